The number of amides is 1. The average Bonchev–Trinajstić information content (AvgIpc) is 2.37. The SMILES string of the molecule is COC(=O)c1ccc(CCNC(=O)C(C)(C)N)cc1.Cl. The minimum absolute atomic E-state index is 0. The Balaban J connectivity index is 0.00000361. The molecule has 6 heteroatoms. The molecule has 1 aromatic rings. The smallest absolute Gasteiger partial charge is 0.337 e. The highest BCUT2D eigenvalue weighted by molar-refractivity contribution is 5.89. The van der Waals surface area contributed by atoms with Crippen LogP contribution in [0, 0.1) is 0 Å². The summed E-state index contributed by atoms with van der Waals surface area (Å²) in [5.74, 6) is -0.539. The summed E-state index contributed by atoms with van der Waals surface area (Å²) in [4.78, 5) is 22.8. The number of ether oxygens (including phenoxy) is 1. The fraction of sp³-hybridized carbons (Fsp3) is 0.429. The highest BCUT2D eigenvalue weighted by atomic mass is 35.5. The van der Waals surface area contributed by atoms with Crippen molar-refractivity contribution in [1.82, 2.24) is 5.32 Å². The predicted molar refractivity (Wildman–Crippen MR) is 80.0 cm³/mol. The largest absolute Gasteiger partial charge is 0.465 e. The second-order valence-corrected chi connectivity index (χ2v) is 4.92. The standard InChI is InChI=1S/C14H20N2O3.ClH/c1-14(2,15)13(18)16-9-8-10-4-6-11(7-5-10)12(17)19-3;/h4-7H,8-9,15H2,1-3H3,(H,16,18);1H. The van der Waals surface area contributed by atoms with Gasteiger partial charge in [0.25, 0.3) is 0 Å². The van der Waals surface area contributed by atoms with Crippen molar-refractivity contribution in [2.45, 2.75) is 25.8 Å². The molecule has 0 aliphatic heterocycles. The first-order valence-corrected chi connectivity index (χ1v) is 6.09. The maximum Gasteiger partial charge on any atom is 0.337 e. The van der Waals surface area contributed by atoms with Gasteiger partial charge in [-0.05, 0) is 38.0 Å². The molecule has 1 aromatic carbocycles. The molecule has 0 bridgehead atoms. The Morgan fingerprint density at radius 1 is 1.25 bits per heavy atom. The van der Waals surface area contributed by atoms with Gasteiger partial charge < -0.3 is 15.8 Å². The van der Waals surface area contributed by atoms with E-state index < -0.39 is 5.54 Å². The minimum atomic E-state index is -0.866. The summed E-state index contributed by atoms with van der Waals surface area (Å²) in [6.45, 7) is 3.83. The number of benzene rings is 1. The zero-order valence-electron chi connectivity index (χ0n) is 11.9. The van der Waals surface area contributed by atoms with Gasteiger partial charge in [-0.3, -0.25) is 4.79 Å². The zero-order chi connectivity index (χ0) is 14.5. The summed E-state index contributed by atoms with van der Waals surface area (Å²) in [5.41, 5.74) is 6.34. The molecule has 0 radical (unpaired) electrons. The Kier molecular flexibility index (Phi) is 7.24. The van der Waals surface area contributed by atoms with E-state index in [0.29, 0.717) is 18.5 Å². The van der Waals surface area contributed by atoms with Gasteiger partial charge in [-0.2, -0.15) is 0 Å². The average molecular weight is 301 g/mol. The molecule has 1 rings (SSSR count). The van der Waals surface area contributed by atoms with Gasteiger partial charge in [-0.1, -0.05) is 12.1 Å². The number of carbonyl (C=O) groups is 2. The monoisotopic (exact) mass is 300 g/mol. The fourth-order valence-corrected chi connectivity index (χ4v) is 1.47. The summed E-state index contributed by atoms with van der Waals surface area (Å²) >= 11 is 0. The number of nitrogens with one attached hydrogen (secondary N) is 1. The summed E-state index contributed by atoms with van der Waals surface area (Å²) < 4.78 is 4.62. The lowest BCUT2D eigenvalue weighted by Gasteiger charge is -2.17. The van der Waals surface area contributed by atoms with Gasteiger partial charge in [0.2, 0.25) is 5.91 Å². The van der Waals surface area contributed by atoms with Crippen LogP contribution in [0.3, 0.4) is 0 Å². The number of halogens is 1. The van der Waals surface area contributed by atoms with E-state index in [1.807, 2.05) is 12.1 Å². The van der Waals surface area contributed by atoms with E-state index in [4.69, 9.17) is 5.73 Å². The molecule has 20 heavy (non-hydrogen) atoms. The molecule has 0 unspecified atom stereocenters. The van der Waals surface area contributed by atoms with Crippen LogP contribution in [-0.4, -0.2) is 31.1 Å². The molecule has 0 spiro atoms. The zero-order valence-corrected chi connectivity index (χ0v) is 12.8. The van der Waals surface area contributed by atoms with Crippen LogP contribution in [0.1, 0.15) is 29.8 Å². The number of methoxy groups -OCH3 is 1. The maximum atomic E-state index is 11.5. The van der Waals surface area contributed by atoms with Crippen molar-refractivity contribution >= 4 is 24.3 Å². The van der Waals surface area contributed by atoms with Crippen molar-refractivity contribution in [3.63, 3.8) is 0 Å². The number of hydrogen-bond donors (Lipinski definition) is 2. The van der Waals surface area contributed by atoms with Gasteiger partial charge in [0.15, 0.2) is 0 Å². The first-order chi connectivity index (χ1) is 8.84. The van der Waals surface area contributed by atoms with Crippen molar-refractivity contribution in [2.24, 2.45) is 5.73 Å². The molecule has 0 aromatic heterocycles. The van der Waals surface area contributed by atoms with E-state index in [1.165, 1.54) is 7.11 Å². The van der Waals surface area contributed by atoms with Crippen molar-refractivity contribution < 1.29 is 14.3 Å². The third-order valence-corrected chi connectivity index (χ3v) is 2.66. The van der Waals surface area contributed by atoms with Crippen molar-refractivity contribution in [3.05, 3.63) is 35.4 Å². The summed E-state index contributed by atoms with van der Waals surface area (Å²) in [5, 5.41) is 2.76. The highest BCUT2D eigenvalue weighted by Crippen LogP contribution is 2.06. The van der Waals surface area contributed by atoms with E-state index in [0.717, 1.165) is 5.56 Å². The van der Waals surface area contributed by atoms with Gasteiger partial charge >= 0.3 is 5.97 Å². The number of rotatable bonds is 5. The third-order valence-electron chi connectivity index (χ3n) is 2.66. The molecule has 0 fully saturated rings. The molecule has 1 amide bonds. The number of nitrogens with two attached hydrogens (primary N) is 1. The molecule has 0 heterocycles. The van der Waals surface area contributed by atoms with E-state index in [-0.39, 0.29) is 24.3 Å². The molecule has 0 aliphatic rings. The summed E-state index contributed by atoms with van der Waals surface area (Å²) in [7, 11) is 1.35. The Morgan fingerprint density at radius 3 is 2.25 bits per heavy atom. The van der Waals surface area contributed by atoms with Crippen molar-refractivity contribution in [3.8, 4) is 0 Å². The molecule has 3 N–H and O–H groups in total. The molecule has 5 nitrogen and oxygen atoms in total. The minimum Gasteiger partial charge on any atom is -0.465 e. The molecular formula is C14H21ClN2O3. The van der Waals surface area contributed by atoms with Crippen LogP contribution in [0.15, 0.2) is 24.3 Å². The van der Waals surface area contributed by atoms with Crippen LogP contribution < -0.4 is 11.1 Å². The van der Waals surface area contributed by atoms with Gasteiger partial charge in [0, 0.05) is 6.54 Å². The quantitative estimate of drug-likeness (QED) is 0.803. The topological polar surface area (TPSA) is 81.4 Å². The first kappa shape index (κ1) is 18.4. The first-order valence-electron chi connectivity index (χ1n) is 6.09. The van der Waals surface area contributed by atoms with Gasteiger partial charge in [-0.25, -0.2) is 4.79 Å². The predicted octanol–water partition coefficient (Wildman–Crippen LogP) is 1.29. The number of carbonyl (C=O) groups excluding carboxylic acids is 2. The Bertz CT molecular complexity index is 452. The lowest BCUT2D eigenvalue weighted by atomic mass is 10.1. The van der Waals surface area contributed by atoms with Crippen LogP contribution in [0.4, 0.5) is 0 Å². The van der Waals surface area contributed by atoms with Gasteiger partial charge in [0.1, 0.15) is 0 Å². The molecule has 0 saturated carbocycles. The van der Waals surface area contributed by atoms with Crippen LogP contribution in [0.5, 0.6) is 0 Å². The second-order valence-electron chi connectivity index (χ2n) is 4.92. The van der Waals surface area contributed by atoms with Crippen molar-refractivity contribution in [1.29, 1.82) is 0 Å². The van der Waals surface area contributed by atoms with Crippen LogP contribution in [0.2, 0.25) is 0 Å². The number of hydrogen-bond acceptors (Lipinski definition) is 4. The van der Waals surface area contributed by atoms with E-state index in [9.17, 15) is 9.59 Å². The van der Waals surface area contributed by atoms with Crippen LogP contribution in [-0.2, 0) is 16.0 Å². The third kappa shape index (κ3) is 5.59. The van der Waals surface area contributed by atoms with Crippen LogP contribution in [0.25, 0.3) is 0 Å². The van der Waals surface area contributed by atoms with Crippen LogP contribution >= 0.6 is 12.4 Å². The second kappa shape index (κ2) is 7.87. The lowest BCUT2D eigenvalue weighted by Crippen LogP contribution is -2.49. The van der Waals surface area contributed by atoms with E-state index >= 15 is 0 Å². The molecule has 0 saturated heterocycles. The van der Waals surface area contributed by atoms with E-state index in [1.54, 1.807) is 26.0 Å². The molecule has 0 atom stereocenters. The molecule has 0 aliphatic carbocycles. The van der Waals surface area contributed by atoms with Gasteiger partial charge in [-0.15, -0.1) is 12.4 Å². The molecule has 112 valence electrons. The molecular weight excluding hydrogens is 280 g/mol. The van der Waals surface area contributed by atoms with Gasteiger partial charge in [0.05, 0.1) is 18.2 Å². The fourth-order valence-electron chi connectivity index (χ4n) is 1.47. The summed E-state index contributed by atoms with van der Waals surface area (Å²) in [6, 6.07) is 7.09. The Hall–Kier alpha value is -1.59. The highest BCUT2D eigenvalue weighted by Gasteiger charge is 2.20. The lowest BCUT2D eigenvalue weighted by molar-refractivity contribution is -0.125. The maximum absolute atomic E-state index is 11.5. The summed E-state index contributed by atoms with van der Waals surface area (Å²) in [6.07, 6.45) is 0.684. The Morgan fingerprint density at radius 2 is 1.80 bits per heavy atom. The Labute approximate surface area is 125 Å². The number of esters is 1. The van der Waals surface area contributed by atoms with Crippen molar-refractivity contribution in [2.75, 3.05) is 13.7 Å². The van der Waals surface area contributed by atoms with E-state index in [2.05, 4.69) is 10.1 Å². The normalized spacial score (nSPS) is 10.4.